The van der Waals surface area contributed by atoms with Crippen LogP contribution in [0.15, 0.2) is 40.1 Å². The third-order valence-electron chi connectivity index (χ3n) is 3.70. The summed E-state index contributed by atoms with van der Waals surface area (Å²) in [6.45, 7) is 0.430. The lowest BCUT2D eigenvalue weighted by atomic mass is 10.2. The predicted octanol–water partition coefficient (Wildman–Crippen LogP) is 0.464. The summed E-state index contributed by atoms with van der Waals surface area (Å²) in [6, 6.07) is 7.31. The number of hydrogen-bond acceptors (Lipinski definition) is 6. The third kappa shape index (κ3) is 3.82. The minimum absolute atomic E-state index is 0.0807. The van der Waals surface area contributed by atoms with Gasteiger partial charge in [0.2, 0.25) is 0 Å². The van der Waals surface area contributed by atoms with Gasteiger partial charge in [0.05, 0.1) is 16.6 Å². The maximum atomic E-state index is 13.5. The predicted molar refractivity (Wildman–Crippen MR) is 94.9 cm³/mol. The number of hydrogen-bond donors (Lipinski definition) is 4. The van der Waals surface area contributed by atoms with Crippen LogP contribution in [0.2, 0.25) is 0 Å². The van der Waals surface area contributed by atoms with Gasteiger partial charge in [-0.05, 0) is 18.2 Å². The second-order valence-corrected chi connectivity index (χ2v) is 5.49. The van der Waals surface area contributed by atoms with Crippen LogP contribution < -0.4 is 21.9 Å². The fourth-order valence-corrected chi connectivity index (χ4v) is 2.43. The van der Waals surface area contributed by atoms with E-state index < -0.39 is 23.0 Å². The number of aromatic nitrogens is 3. The van der Waals surface area contributed by atoms with Crippen molar-refractivity contribution in [1.82, 2.24) is 20.3 Å². The van der Waals surface area contributed by atoms with Crippen molar-refractivity contribution in [2.75, 3.05) is 18.4 Å². The molecular formula is C17H13FN6O3. The van der Waals surface area contributed by atoms with Gasteiger partial charge >= 0.3 is 5.69 Å². The van der Waals surface area contributed by atoms with E-state index in [-0.39, 0.29) is 35.2 Å². The van der Waals surface area contributed by atoms with Gasteiger partial charge in [-0.25, -0.2) is 14.2 Å². The molecule has 0 radical (unpaired) electrons. The number of pyridine rings is 1. The molecule has 1 amide bonds. The van der Waals surface area contributed by atoms with E-state index in [0.29, 0.717) is 5.69 Å². The maximum absolute atomic E-state index is 13.5. The highest BCUT2D eigenvalue weighted by molar-refractivity contribution is 5.96. The van der Waals surface area contributed by atoms with E-state index >= 15 is 0 Å². The first-order valence-electron chi connectivity index (χ1n) is 7.82. The van der Waals surface area contributed by atoms with E-state index in [1.807, 2.05) is 0 Å². The Hall–Kier alpha value is -4.00. The van der Waals surface area contributed by atoms with Gasteiger partial charge < -0.3 is 10.6 Å². The molecule has 0 fully saturated rings. The molecule has 0 unspecified atom stereocenters. The van der Waals surface area contributed by atoms with Crippen LogP contribution in [-0.2, 0) is 0 Å². The van der Waals surface area contributed by atoms with E-state index in [1.54, 1.807) is 12.1 Å². The molecule has 3 aromatic rings. The summed E-state index contributed by atoms with van der Waals surface area (Å²) in [7, 11) is 0. The molecule has 0 saturated heterocycles. The van der Waals surface area contributed by atoms with Crippen molar-refractivity contribution in [2.45, 2.75) is 0 Å². The van der Waals surface area contributed by atoms with Crippen LogP contribution in [0.25, 0.3) is 11.0 Å². The number of nitriles is 1. The smallest absolute Gasteiger partial charge is 0.327 e. The summed E-state index contributed by atoms with van der Waals surface area (Å²) >= 11 is 0. The van der Waals surface area contributed by atoms with Crippen LogP contribution >= 0.6 is 0 Å². The number of aromatic amines is 2. The number of fused-ring (bicyclic) bond motifs is 1. The number of rotatable bonds is 5. The third-order valence-corrected chi connectivity index (χ3v) is 3.70. The number of anilines is 1. The zero-order valence-corrected chi connectivity index (χ0v) is 13.8. The number of nitrogens with zero attached hydrogens (tertiary/aromatic N) is 2. The Morgan fingerprint density at radius 1 is 1.26 bits per heavy atom. The molecule has 0 aliphatic heterocycles. The molecule has 3 rings (SSSR count). The Labute approximate surface area is 150 Å². The first-order chi connectivity index (χ1) is 13.0. The standard InChI is InChI=1S/C17H13FN6O3/c18-12-2-1-3-13(11(12)7-19)20-4-5-21-15(25)9-6-10-14(22-8-9)23-17(27)24-16(10)26/h1-3,6,8,20H,4-5H2,(H,21,25)(H2,22,23,24,26,27). The molecule has 2 aromatic heterocycles. The van der Waals surface area contributed by atoms with Crippen molar-refractivity contribution in [3.8, 4) is 6.07 Å². The Morgan fingerprint density at radius 2 is 2.07 bits per heavy atom. The van der Waals surface area contributed by atoms with Crippen LogP contribution in [-0.4, -0.2) is 33.9 Å². The van der Waals surface area contributed by atoms with Gasteiger partial charge in [-0.2, -0.15) is 5.26 Å². The van der Waals surface area contributed by atoms with Crippen molar-refractivity contribution < 1.29 is 9.18 Å². The summed E-state index contributed by atoms with van der Waals surface area (Å²) in [4.78, 5) is 43.5. The Morgan fingerprint density at radius 3 is 2.85 bits per heavy atom. The van der Waals surface area contributed by atoms with Gasteiger partial charge in [-0.3, -0.25) is 19.6 Å². The van der Waals surface area contributed by atoms with Crippen LogP contribution in [0.4, 0.5) is 10.1 Å². The number of nitrogens with one attached hydrogen (secondary N) is 4. The minimum Gasteiger partial charge on any atom is -0.382 e. The molecular weight excluding hydrogens is 355 g/mol. The number of carbonyl (C=O) groups excluding carboxylic acids is 1. The lowest BCUT2D eigenvalue weighted by Gasteiger charge is -2.10. The highest BCUT2D eigenvalue weighted by Gasteiger charge is 2.10. The Kier molecular flexibility index (Phi) is 4.94. The fourth-order valence-electron chi connectivity index (χ4n) is 2.43. The normalized spacial score (nSPS) is 10.4. The van der Waals surface area contributed by atoms with E-state index in [2.05, 4.69) is 25.6 Å². The molecule has 0 bridgehead atoms. The molecule has 9 nitrogen and oxygen atoms in total. The lowest BCUT2D eigenvalue weighted by molar-refractivity contribution is 0.0955. The molecule has 10 heteroatoms. The van der Waals surface area contributed by atoms with E-state index in [9.17, 15) is 18.8 Å². The molecule has 2 heterocycles. The Bertz CT molecular complexity index is 1180. The number of halogens is 1. The van der Waals surface area contributed by atoms with Gasteiger partial charge in [-0.1, -0.05) is 6.07 Å². The molecule has 0 atom stereocenters. The summed E-state index contributed by atoms with van der Waals surface area (Å²) in [5.41, 5.74) is -0.879. The average Bonchev–Trinajstić information content (AvgIpc) is 2.64. The van der Waals surface area contributed by atoms with Crippen molar-refractivity contribution in [3.05, 3.63) is 68.2 Å². The zero-order chi connectivity index (χ0) is 19.4. The summed E-state index contributed by atoms with van der Waals surface area (Å²) < 4.78 is 13.5. The summed E-state index contributed by atoms with van der Waals surface area (Å²) in [6.07, 6.45) is 1.24. The topological polar surface area (TPSA) is 144 Å². The molecule has 0 aliphatic carbocycles. The first kappa shape index (κ1) is 17.8. The second kappa shape index (κ2) is 7.49. The van der Waals surface area contributed by atoms with Crippen molar-refractivity contribution in [2.24, 2.45) is 0 Å². The van der Waals surface area contributed by atoms with Gasteiger partial charge in [0, 0.05) is 19.3 Å². The van der Waals surface area contributed by atoms with Crippen molar-refractivity contribution in [3.63, 3.8) is 0 Å². The summed E-state index contributed by atoms with van der Waals surface area (Å²) in [5.74, 6) is -1.10. The van der Waals surface area contributed by atoms with Crippen molar-refractivity contribution in [1.29, 1.82) is 5.26 Å². The summed E-state index contributed by atoms with van der Waals surface area (Å²) in [5, 5.41) is 14.5. The van der Waals surface area contributed by atoms with Gasteiger partial charge in [-0.15, -0.1) is 0 Å². The number of carbonyl (C=O) groups is 1. The number of amides is 1. The highest BCUT2D eigenvalue weighted by atomic mass is 19.1. The van der Waals surface area contributed by atoms with E-state index in [0.717, 1.165) is 0 Å². The van der Waals surface area contributed by atoms with Crippen LogP contribution in [0, 0.1) is 17.1 Å². The molecule has 0 spiro atoms. The first-order valence-corrected chi connectivity index (χ1v) is 7.82. The van der Waals surface area contributed by atoms with E-state index in [1.165, 1.54) is 24.4 Å². The quantitative estimate of drug-likeness (QED) is 0.482. The van der Waals surface area contributed by atoms with Gasteiger partial charge in [0.15, 0.2) is 0 Å². The van der Waals surface area contributed by atoms with Crippen LogP contribution in [0.5, 0.6) is 0 Å². The molecule has 1 aromatic carbocycles. The number of benzene rings is 1. The second-order valence-electron chi connectivity index (χ2n) is 5.49. The number of H-pyrrole nitrogens is 2. The minimum atomic E-state index is -0.683. The van der Waals surface area contributed by atoms with E-state index in [4.69, 9.17) is 5.26 Å². The SMILES string of the molecule is N#Cc1c(F)cccc1NCCNC(=O)c1cnc2[nH]c(=O)[nH]c(=O)c2c1. The van der Waals surface area contributed by atoms with Crippen LogP contribution in [0.1, 0.15) is 15.9 Å². The Balaban J connectivity index is 1.64. The zero-order valence-electron chi connectivity index (χ0n) is 13.8. The molecule has 136 valence electrons. The fraction of sp³-hybridized carbons (Fsp3) is 0.118. The largest absolute Gasteiger partial charge is 0.382 e. The molecule has 0 saturated carbocycles. The van der Waals surface area contributed by atoms with Crippen molar-refractivity contribution >= 4 is 22.6 Å². The highest BCUT2D eigenvalue weighted by Crippen LogP contribution is 2.17. The molecule has 27 heavy (non-hydrogen) atoms. The lowest BCUT2D eigenvalue weighted by Crippen LogP contribution is -2.29. The monoisotopic (exact) mass is 368 g/mol. The van der Waals surface area contributed by atoms with Gasteiger partial charge in [0.1, 0.15) is 23.1 Å². The maximum Gasteiger partial charge on any atom is 0.327 e. The molecule has 0 aliphatic rings. The van der Waals surface area contributed by atoms with Crippen LogP contribution in [0.3, 0.4) is 0 Å². The molecule has 4 N–H and O–H groups in total. The van der Waals surface area contributed by atoms with Gasteiger partial charge in [0.25, 0.3) is 11.5 Å². The average molecular weight is 368 g/mol.